The minimum Gasteiger partial charge on any atom is -0.508 e. The molecule has 0 heterocycles. The smallest absolute Gasteiger partial charge is 0.257 e. The van der Waals surface area contributed by atoms with Gasteiger partial charge in [-0.25, -0.2) is 8.42 Å². The van der Waals surface area contributed by atoms with E-state index in [1.807, 2.05) is 0 Å². The lowest BCUT2D eigenvalue weighted by atomic mass is 10.1. The Balaban J connectivity index is 2.24. The Morgan fingerprint density at radius 2 is 2.06 bits per heavy atom. The topological polar surface area (TPSA) is 66.4 Å². The van der Waals surface area contributed by atoms with E-state index < -0.39 is 10.0 Å². The van der Waals surface area contributed by atoms with Crippen molar-refractivity contribution in [1.29, 1.82) is 0 Å². The maximum atomic E-state index is 12.1. The van der Waals surface area contributed by atoms with Crippen molar-refractivity contribution in [2.75, 3.05) is 4.72 Å². The van der Waals surface area contributed by atoms with E-state index in [1.165, 1.54) is 18.2 Å². The second-order valence-electron chi connectivity index (χ2n) is 4.19. The first-order valence-corrected chi connectivity index (χ1v) is 7.97. The lowest BCUT2D eigenvalue weighted by Crippen LogP contribution is -2.16. The molecule has 1 aromatic carbocycles. The highest BCUT2D eigenvalue weighted by Gasteiger charge is 2.20. The summed E-state index contributed by atoms with van der Waals surface area (Å²) in [7, 11) is -3.47. The van der Waals surface area contributed by atoms with E-state index in [9.17, 15) is 13.5 Å². The molecule has 0 spiro atoms. The van der Waals surface area contributed by atoms with E-state index in [1.54, 1.807) is 6.08 Å². The van der Waals surface area contributed by atoms with Crippen molar-refractivity contribution >= 4 is 31.6 Å². The van der Waals surface area contributed by atoms with Gasteiger partial charge in [0.15, 0.2) is 0 Å². The van der Waals surface area contributed by atoms with Gasteiger partial charge in [0.2, 0.25) is 0 Å². The van der Waals surface area contributed by atoms with Crippen LogP contribution in [0.2, 0.25) is 0 Å². The van der Waals surface area contributed by atoms with Crippen LogP contribution in [-0.4, -0.2) is 13.5 Å². The van der Waals surface area contributed by atoms with Gasteiger partial charge in [0.25, 0.3) is 10.0 Å². The molecule has 0 fully saturated rings. The predicted octanol–water partition coefficient (Wildman–Crippen LogP) is 3.35. The summed E-state index contributed by atoms with van der Waals surface area (Å²) in [6.07, 6.45) is 5.13. The molecular formula is C12H14BrNO3S. The lowest BCUT2D eigenvalue weighted by Gasteiger charge is -2.15. The Bertz CT molecular complexity index is 581. The van der Waals surface area contributed by atoms with E-state index in [0.29, 0.717) is 21.5 Å². The van der Waals surface area contributed by atoms with Crippen molar-refractivity contribution in [2.45, 2.75) is 25.7 Å². The van der Waals surface area contributed by atoms with Crippen molar-refractivity contribution in [1.82, 2.24) is 0 Å². The Morgan fingerprint density at radius 1 is 1.28 bits per heavy atom. The molecule has 0 aliphatic heterocycles. The Labute approximate surface area is 115 Å². The van der Waals surface area contributed by atoms with Crippen LogP contribution >= 0.6 is 15.9 Å². The zero-order valence-electron chi connectivity index (χ0n) is 9.69. The number of sulfonamides is 1. The van der Waals surface area contributed by atoms with Gasteiger partial charge < -0.3 is 5.11 Å². The molecular weight excluding hydrogens is 318 g/mol. The summed E-state index contributed by atoms with van der Waals surface area (Å²) in [5.74, 6) is 0.0849. The Kier molecular flexibility index (Phi) is 3.97. The number of rotatable bonds is 3. The fourth-order valence-corrected chi connectivity index (χ4v) is 3.80. The molecule has 0 amide bonds. The Morgan fingerprint density at radius 3 is 2.67 bits per heavy atom. The highest BCUT2D eigenvalue weighted by atomic mass is 79.9. The molecule has 18 heavy (non-hydrogen) atoms. The molecule has 1 aromatic rings. The molecule has 0 radical (unpaired) electrons. The van der Waals surface area contributed by atoms with Crippen molar-refractivity contribution < 1.29 is 13.5 Å². The minimum absolute atomic E-state index is 0.0849. The molecule has 0 unspecified atom stereocenters. The van der Waals surface area contributed by atoms with E-state index in [-0.39, 0.29) is 5.75 Å². The maximum absolute atomic E-state index is 12.1. The van der Waals surface area contributed by atoms with Crippen LogP contribution in [0.25, 0.3) is 0 Å². The van der Waals surface area contributed by atoms with Gasteiger partial charge >= 0.3 is 0 Å². The highest BCUT2D eigenvalue weighted by molar-refractivity contribution is 9.10. The number of aromatic hydroxyl groups is 1. The standard InChI is InChI=1S/C12H14BrNO3S/c13-11-8-9(15)6-7-12(11)14-18(16,17)10-4-2-1-3-5-10/h4,6-8,14-15H,1-3,5H2. The molecule has 0 atom stereocenters. The van der Waals surface area contributed by atoms with Crippen LogP contribution in [0.3, 0.4) is 0 Å². The van der Waals surface area contributed by atoms with Gasteiger partial charge in [-0.2, -0.15) is 0 Å². The largest absolute Gasteiger partial charge is 0.508 e. The van der Waals surface area contributed by atoms with Crippen LogP contribution < -0.4 is 4.72 Å². The maximum Gasteiger partial charge on any atom is 0.257 e. The average molecular weight is 332 g/mol. The SMILES string of the molecule is O=S(=O)(Nc1ccc(O)cc1Br)C1=CCCCC1. The number of halogens is 1. The fourth-order valence-electron chi connectivity index (χ4n) is 1.85. The summed E-state index contributed by atoms with van der Waals surface area (Å²) < 4.78 is 27.3. The lowest BCUT2D eigenvalue weighted by molar-refractivity contribution is 0.475. The third kappa shape index (κ3) is 3.05. The van der Waals surface area contributed by atoms with Gasteiger partial charge in [-0.15, -0.1) is 0 Å². The van der Waals surface area contributed by atoms with Gasteiger partial charge in [0.05, 0.1) is 10.6 Å². The van der Waals surface area contributed by atoms with Gasteiger partial charge in [0.1, 0.15) is 5.75 Å². The first kappa shape index (κ1) is 13.4. The quantitative estimate of drug-likeness (QED) is 0.834. The minimum atomic E-state index is -3.47. The van der Waals surface area contributed by atoms with Crippen molar-refractivity contribution in [2.24, 2.45) is 0 Å². The molecule has 2 rings (SSSR count). The molecule has 0 saturated heterocycles. The third-order valence-corrected chi connectivity index (χ3v) is 5.00. The number of anilines is 1. The fraction of sp³-hybridized carbons (Fsp3) is 0.333. The summed E-state index contributed by atoms with van der Waals surface area (Å²) in [6, 6.07) is 4.42. The second-order valence-corrected chi connectivity index (χ2v) is 6.78. The van der Waals surface area contributed by atoms with Gasteiger partial charge in [-0.1, -0.05) is 6.08 Å². The van der Waals surface area contributed by atoms with Crippen molar-refractivity contribution in [3.8, 4) is 5.75 Å². The normalized spacial score (nSPS) is 16.2. The molecule has 0 aromatic heterocycles. The number of phenolic OH excluding ortho intramolecular Hbond substituents is 1. The summed E-state index contributed by atoms with van der Waals surface area (Å²) >= 11 is 3.22. The highest BCUT2D eigenvalue weighted by Crippen LogP contribution is 2.30. The first-order valence-electron chi connectivity index (χ1n) is 5.69. The summed E-state index contributed by atoms with van der Waals surface area (Å²) in [6.45, 7) is 0. The number of benzene rings is 1. The van der Waals surface area contributed by atoms with Crippen LogP contribution in [0, 0.1) is 0 Å². The first-order chi connectivity index (χ1) is 8.49. The molecule has 0 saturated carbocycles. The molecule has 98 valence electrons. The Hall–Kier alpha value is -1.01. The number of hydrogen-bond donors (Lipinski definition) is 2. The van der Waals surface area contributed by atoms with Crippen LogP contribution in [0.5, 0.6) is 5.75 Å². The molecule has 0 bridgehead atoms. The van der Waals surface area contributed by atoms with Crippen LogP contribution in [-0.2, 0) is 10.0 Å². The van der Waals surface area contributed by atoms with Crippen molar-refractivity contribution in [3.63, 3.8) is 0 Å². The average Bonchev–Trinajstić information content (AvgIpc) is 2.34. The molecule has 2 N–H and O–H groups in total. The summed E-state index contributed by atoms with van der Waals surface area (Å²) in [4.78, 5) is 0.453. The van der Waals surface area contributed by atoms with E-state index >= 15 is 0 Å². The number of hydrogen-bond acceptors (Lipinski definition) is 3. The van der Waals surface area contributed by atoms with E-state index in [2.05, 4.69) is 20.7 Å². The summed E-state index contributed by atoms with van der Waals surface area (Å²) in [5, 5.41) is 9.27. The van der Waals surface area contributed by atoms with Gasteiger partial charge in [0, 0.05) is 4.47 Å². The summed E-state index contributed by atoms with van der Waals surface area (Å²) in [5.41, 5.74) is 0.430. The third-order valence-electron chi connectivity index (χ3n) is 2.79. The van der Waals surface area contributed by atoms with E-state index in [0.717, 1.165) is 19.3 Å². The van der Waals surface area contributed by atoms with Gasteiger partial charge in [-0.05, 0) is 59.8 Å². The number of allylic oxidation sites excluding steroid dienone is 2. The van der Waals surface area contributed by atoms with Crippen LogP contribution in [0.4, 0.5) is 5.69 Å². The van der Waals surface area contributed by atoms with Crippen molar-refractivity contribution in [3.05, 3.63) is 33.7 Å². The molecule has 1 aliphatic carbocycles. The second kappa shape index (κ2) is 5.32. The number of nitrogens with one attached hydrogen (secondary N) is 1. The van der Waals surface area contributed by atoms with Crippen LogP contribution in [0.15, 0.2) is 33.7 Å². The van der Waals surface area contributed by atoms with E-state index in [4.69, 9.17) is 0 Å². The molecule has 4 nitrogen and oxygen atoms in total. The monoisotopic (exact) mass is 331 g/mol. The number of phenols is 1. The zero-order chi connectivity index (χ0) is 13.2. The van der Waals surface area contributed by atoms with Crippen LogP contribution in [0.1, 0.15) is 25.7 Å². The zero-order valence-corrected chi connectivity index (χ0v) is 12.1. The predicted molar refractivity (Wildman–Crippen MR) is 74.9 cm³/mol. The molecule has 1 aliphatic rings. The van der Waals surface area contributed by atoms with Gasteiger partial charge in [-0.3, -0.25) is 4.72 Å². The molecule has 6 heteroatoms.